The Hall–Kier alpha value is -2.40. The van der Waals surface area contributed by atoms with E-state index in [0.717, 1.165) is 22.4 Å². The maximum absolute atomic E-state index is 10.9. The van der Waals surface area contributed by atoms with Gasteiger partial charge in [0.25, 0.3) is 0 Å². The second-order valence-corrected chi connectivity index (χ2v) is 9.81. The third-order valence-electron chi connectivity index (χ3n) is 4.93. The van der Waals surface area contributed by atoms with Crippen LogP contribution in [0.4, 0.5) is 0 Å². The van der Waals surface area contributed by atoms with Crippen LogP contribution >= 0.6 is 0 Å². The Labute approximate surface area is 176 Å². The zero-order chi connectivity index (χ0) is 20.4. The Morgan fingerprint density at radius 2 is 1.79 bits per heavy atom. The molecular formula is C23H24N2O3Se. The molecule has 0 unspecified atom stereocenters. The van der Waals surface area contributed by atoms with Crippen molar-refractivity contribution in [1.29, 1.82) is 0 Å². The number of nitrogens with zero attached hydrogens (tertiary/aromatic N) is 2. The van der Waals surface area contributed by atoms with Crippen molar-refractivity contribution in [2.75, 3.05) is 13.1 Å². The number of carboxylic acids is 1. The van der Waals surface area contributed by atoms with Crippen LogP contribution in [0.3, 0.4) is 0 Å². The van der Waals surface area contributed by atoms with E-state index >= 15 is 0 Å². The number of aromatic nitrogens is 1. The number of likely N-dealkylation sites (tertiary alicyclic amines) is 1. The van der Waals surface area contributed by atoms with Crippen LogP contribution in [0.2, 0.25) is 0 Å². The number of benzene rings is 2. The van der Waals surface area contributed by atoms with Crippen molar-refractivity contribution in [3.63, 3.8) is 0 Å². The quantitative estimate of drug-likeness (QED) is 0.550. The Balaban J connectivity index is 1.39. The molecule has 1 aliphatic rings. The predicted molar refractivity (Wildman–Crippen MR) is 114 cm³/mol. The molecule has 150 valence electrons. The average Bonchev–Trinajstić information content (AvgIpc) is 3.15. The van der Waals surface area contributed by atoms with E-state index in [0.29, 0.717) is 13.1 Å². The predicted octanol–water partition coefficient (Wildman–Crippen LogP) is 3.78. The molecule has 4 rings (SSSR count). The van der Waals surface area contributed by atoms with Crippen LogP contribution in [0, 0.1) is 5.92 Å². The minimum absolute atomic E-state index is 0.171. The molecule has 3 aromatic rings. The zero-order valence-corrected chi connectivity index (χ0v) is 18.3. The van der Waals surface area contributed by atoms with Crippen molar-refractivity contribution in [2.24, 2.45) is 5.92 Å². The second kappa shape index (κ2) is 8.54. The molecule has 1 aliphatic heterocycles. The number of hydrogen-bond donors (Lipinski definition) is 1. The number of aliphatic carboxylic acids is 1. The van der Waals surface area contributed by atoms with Crippen molar-refractivity contribution in [3.05, 3.63) is 60.3 Å². The molecule has 1 fully saturated rings. The van der Waals surface area contributed by atoms with Crippen molar-refractivity contribution in [1.82, 2.24) is 9.88 Å². The van der Waals surface area contributed by atoms with Crippen LogP contribution in [-0.2, 0) is 11.3 Å². The molecule has 0 saturated carbocycles. The van der Waals surface area contributed by atoms with Crippen molar-refractivity contribution in [3.8, 4) is 25.9 Å². The summed E-state index contributed by atoms with van der Waals surface area (Å²) in [6.07, 6.45) is 2.15. The first-order chi connectivity index (χ1) is 14.0. The fourth-order valence-electron chi connectivity index (χ4n) is 3.38. The molecule has 1 saturated heterocycles. The third-order valence-corrected chi connectivity index (χ3v) is 7.23. The summed E-state index contributed by atoms with van der Waals surface area (Å²) < 4.78 is 8.12. The molecule has 6 heteroatoms. The van der Waals surface area contributed by atoms with E-state index in [1.165, 1.54) is 15.6 Å². The van der Waals surface area contributed by atoms with Crippen LogP contribution in [0.15, 0.2) is 54.7 Å². The summed E-state index contributed by atoms with van der Waals surface area (Å²) in [5.41, 5.74) is 3.57. The fourth-order valence-corrected chi connectivity index (χ4v) is 5.32. The van der Waals surface area contributed by atoms with Crippen LogP contribution in [0.25, 0.3) is 20.1 Å². The molecule has 0 aliphatic carbocycles. The SMILES string of the molecule is CC(C)Oc1ccc(-c2ncc(-c3ccc(CN4CC(C(=O)O)C4)cc3)[se]2)cc1. The molecule has 29 heavy (non-hydrogen) atoms. The summed E-state index contributed by atoms with van der Waals surface area (Å²) in [4.78, 5) is 17.7. The molecule has 0 atom stereocenters. The van der Waals surface area contributed by atoms with Gasteiger partial charge in [-0.3, -0.25) is 0 Å². The first-order valence-electron chi connectivity index (χ1n) is 9.75. The van der Waals surface area contributed by atoms with Gasteiger partial charge in [-0.05, 0) is 0 Å². The summed E-state index contributed by atoms with van der Waals surface area (Å²) in [6, 6.07) is 16.7. The van der Waals surface area contributed by atoms with Gasteiger partial charge in [-0.1, -0.05) is 0 Å². The van der Waals surface area contributed by atoms with E-state index < -0.39 is 5.97 Å². The number of carbonyl (C=O) groups is 1. The molecule has 2 heterocycles. The number of ether oxygens (including phenoxy) is 1. The Morgan fingerprint density at radius 3 is 2.41 bits per heavy atom. The molecular weight excluding hydrogens is 431 g/mol. The number of hydrogen-bond acceptors (Lipinski definition) is 4. The molecule has 2 aromatic carbocycles. The third kappa shape index (κ3) is 4.78. The summed E-state index contributed by atoms with van der Waals surface area (Å²) >= 11 is 0.175. The molecule has 1 N–H and O–H groups in total. The number of carboxylic acid groups (broad SMARTS) is 1. The average molecular weight is 455 g/mol. The van der Waals surface area contributed by atoms with Gasteiger partial charge in [0.05, 0.1) is 0 Å². The first kappa shape index (κ1) is 19.9. The van der Waals surface area contributed by atoms with Gasteiger partial charge in [0.2, 0.25) is 0 Å². The molecule has 5 nitrogen and oxygen atoms in total. The summed E-state index contributed by atoms with van der Waals surface area (Å²) in [7, 11) is 0. The van der Waals surface area contributed by atoms with Crippen LogP contribution in [-0.4, -0.2) is 54.7 Å². The second-order valence-electron chi connectivity index (χ2n) is 7.65. The minimum atomic E-state index is -0.690. The van der Waals surface area contributed by atoms with E-state index in [-0.39, 0.29) is 26.5 Å². The maximum atomic E-state index is 10.9. The number of rotatable bonds is 7. The van der Waals surface area contributed by atoms with Gasteiger partial charge in [0.15, 0.2) is 0 Å². The Bertz CT molecular complexity index is 974. The van der Waals surface area contributed by atoms with Crippen molar-refractivity contribution >= 4 is 20.5 Å². The standard InChI is InChI=1S/C23H24N2O3Se/c1-15(2)28-20-9-7-18(8-10-20)22-24-11-21(29-22)17-5-3-16(4-6-17)12-25-13-19(14-25)23(26)27/h3-11,15,19H,12-14H2,1-2H3,(H,26,27). The van der Waals surface area contributed by atoms with E-state index in [4.69, 9.17) is 9.84 Å². The summed E-state index contributed by atoms with van der Waals surface area (Å²) in [6.45, 7) is 6.14. The molecule has 0 bridgehead atoms. The van der Waals surface area contributed by atoms with E-state index in [9.17, 15) is 4.79 Å². The molecule has 1 aromatic heterocycles. The summed E-state index contributed by atoms with van der Waals surface area (Å²) in [5, 5.41) is 8.98. The van der Waals surface area contributed by atoms with Crippen molar-refractivity contribution < 1.29 is 14.6 Å². The molecule has 0 spiro atoms. The van der Waals surface area contributed by atoms with Gasteiger partial charge < -0.3 is 0 Å². The van der Waals surface area contributed by atoms with E-state index in [2.05, 4.69) is 46.3 Å². The summed E-state index contributed by atoms with van der Waals surface area (Å²) in [5.74, 6) is -0.0115. The first-order valence-corrected chi connectivity index (χ1v) is 11.5. The zero-order valence-electron chi connectivity index (χ0n) is 16.5. The Kier molecular flexibility index (Phi) is 5.86. The van der Waals surface area contributed by atoms with E-state index in [1.54, 1.807) is 0 Å². The van der Waals surface area contributed by atoms with Crippen LogP contribution in [0.1, 0.15) is 19.4 Å². The normalized spacial score (nSPS) is 14.7. The van der Waals surface area contributed by atoms with Crippen LogP contribution in [0.5, 0.6) is 5.75 Å². The van der Waals surface area contributed by atoms with Gasteiger partial charge in [-0.25, -0.2) is 0 Å². The topological polar surface area (TPSA) is 62.7 Å². The monoisotopic (exact) mass is 456 g/mol. The van der Waals surface area contributed by atoms with Gasteiger partial charge >= 0.3 is 177 Å². The van der Waals surface area contributed by atoms with Crippen molar-refractivity contribution in [2.45, 2.75) is 26.5 Å². The Morgan fingerprint density at radius 1 is 1.14 bits per heavy atom. The van der Waals surface area contributed by atoms with Gasteiger partial charge in [0, 0.05) is 0 Å². The van der Waals surface area contributed by atoms with Gasteiger partial charge in [-0.2, -0.15) is 0 Å². The molecule has 0 amide bonds. The van der Waals surface area contributed by atoms with Crippen LogP contribution < -0.4 is 4.74 Å². The van der Waals surface area contributed by atoms with Gasteiger partial charge in [-0.15, -0.1) is 0 Å². The van der Waals surface area contributed by atoms with Gasteiger partial charge in [0.1, 0.15) is 0 Å². The fraction of sp³-hybridized carbons (Fsp3) is 0.304. The van der Waals surface area contributed by atoms with E-state index in [1.807, 2.05) is 32.2 Å². The molecule has 0 radical (unpaired) electrons.